The largest absolute Gasteiger partial charge is 0.481 e. The Kier molecular flexibility index (Phi) is 5.94. The summed E-state index contributed by atoms with van der Waals surface area (Å²) in [5.41, 5.74) is 5.42. The molecule has 4 N–H and O–H groups in total. The number of carbonyl (C=O) groups excluding carboxylic acids is 2. The Hall–Kier alpha value is -1.63. The van der Waals surface area contributed by atoms with E-state index >= 15 is 0 Å². The molecule has 2 unspecified atom stereocenters. The van der Waals surface area contributed by atoms with E-state index in [1.54, 1.807) is 6.92 Å². The number of hydrogen-bond acceptors (Lipinski definition) is 5. The number of nitrogens with one attached hydrogen (secondary N) is 1. The van der Waals surface area contributed by atoms with E-state index < -0.39 is 30.4 Å². The van der Waals surface area contributed by atoms with Crippen LogP contribution in [0.15, 0.2) is 0 Å². The summed E-state index contributed by atoms with van der Waals surface area (Å²) in [5.74, 6) is -1.61. The minimum Gasteiger partial charge on any atom is -0.481 e. The molecule has 1 saturated carbocycles. The first kappa shape index (κ1) is 16.4. The number of carboxylic acids is 1. The lowest BCUT2D eigenvalue weighted by atomic mass is 9.75. The number of esters is 1. The minimum atomic E-state index is -1.13. The van der Waals surface area contributed by atoms with Crippen LogP contribution in [-0.2, 0) is 19.1 Å². The molecule has 7 nitrogen and oxygen atoms in total. The average Bonchev–Trinajstić information content (AvgIpc) is 2.33. The van der Waals surface area contributed by atoms with E-state index in [0.717, 1.165) is 12.8 Å². The van der Waals surface area contributed by atoms with Gasteiger partial charge in [0, 0.05) is 0 Å². The van der Waals surface area contributed by atoms with E-state index in [0.29, 0.717) is 5.92 Å². The second kappa shape index (κ2) is 7.23. The molecule has 1 aliphatic rings. The van der Waals surface area contributed by atoms with Gasteiger partial charge in [0.05, 0.1) is 24.4 Å². The van der Waals surface area contributed by atoms with E-state index in [1.807, 2.05) is 6.92 Å². The Labute approximate surface area is 117 Å². The molecule has 0 aromatic heterocycles. The van der Waals surface area contributed by atoms with Crippen molar-refractivity contribution >= 4 is 17.8 Å². The van der Waals surface area contributed by atoms with Crippen LogP contribution in [0.2, 0.25) is 0 Å². The summed E-state index contributed by atoms with van der Waals surface area (Å²) in [5, 5.41) is 11.1. The molecular weight excluding hydrogens is 264 g/mol. The van der Waals surface area contributed by atoms with Crippen LogP contribution in [0.3, 0.4) is 0 Å². The predicted octanol–water partition coefficient (Wildman–Crippen LogP) is -0.118. The summed E-state index contributed by atoms with van der Waals surface area (Å²) in [6, 6.07) is -1.50. The fourth-order valence-electron chi connectivity index (χ4n) is 2.00. The normalized spacial score (nSPS) is 24.1. The Morgan fingerprint density at radius 1 is 1.40 bits per heavy atom. The summed E-state index contributed by atoms with van der Waals surface area (Å²) in [7, 11) is 0. The highest BCUT2D eigenvalue weighted by Crippen LogP contribution is 2.34. The van der Waals surface area contributed by atoms with Crippen LogP contribution >= 0.6 is 0 Å². The third-order valence-electron chi connectivity index (χ3n) is 3.52. The molecule has 1 amide bonds. The zero-order valence-corrected chi connectivity index (χ0v) is 11.8. The molecule has 4 atom stereocenters. The lowest BCUT2D eigenvalue weighted by Crippen LogP contribution is -2.47. The summed E-state index contributed by atoms with van der Waals surface area (Å²) in [4.78, 5) is 33.6. The third kappa shape index (κ3) is 4.80. The van der Waals surface area contributed by atoms with E-state index in [9.17, 15) is 14.4 Å². The topological polar surface area (TPSA) is 119 Å². The lowest BCUT2D eigenvalue weighted by Gasteiger charge is -2.31. The maximum absolute atomic E-state index is 11.7. The van der Waals surface area contributed by atoms with E-state index in [-0.39, 0.29) is 18.5 Å². The summed E-state index contributed by atoms with van der Waals surface area (Å²) < 4.78 is 5.13. The van der Waals surface area contributed by atoms with Crippen molar-refractivity contribution in [1.29, 1.82) is 0 Å². The zero-order valence-electron chi connectivity index (χ0n) is 11.8. The zero-order chi connectivity index (χ0) is 15.3. The van der Waals surface area contributed by atoms with E-state index in [4.69, 9.17) is 15.6 Å². The van der Waals surface area contributed by atoms with Crippen LogP contribution in [0.5, 0.6) is 0 Å². The standard InChI is InChI=1S/C13H22N2O5/c1-7-3-4-9(7)13(19)20-6-8(2)15-12(18)10(14)5-11(16)17/h7-10H,3-6,14H2,1-2H3,(H,15,18)(H,16,17)/t7?,8-,9?,10+/m0/s1. The van der Waals surface area contributed by atoms with Gasteiger partial charge in [-0.1, -0.05) is 6.92 Å². The van der Waals surface area contributed by atoms with Gasteiger partial charge in [0.2, 0.25) is 5.91 Å². The van der Waals surface area contributed by atoms with Gasteiger partial charge in [0.15, 0.2) is 0 Å². The first-order valence-corrected chi connectivity index (χ1v) is 6.75. The Morgan fingerprint density at radius 2 is 2.05 bits per heavy atom. The van der Waals surface area contributed by atoms with Gasteiger partial charge in [-0.3, -0.25) is 14.4 Å². The fraction of sp³-hybridized carbons (Fsp3) is 0.769. The first-order chi connectivity index (χ1) is 9.31. The Morgan fingerprint density at radius 3 is 2.50 bits per heavy atom. The monoisotopic (exact) mass is 286 g/mol. The van der Waals surface area contributed by atoms with Gasteiger partial charge in [0.25, 0.3) is 0 Å². The predicted molar refractivity (Wildman–Crippen MR) is 70.7 cm³/mol. The second-order valence-electron chi connectivity index (χ2n) is 5.41. The molecule has 20 heavy (non-hydrogen) atoms. The first-order valence-electron chi connectivity index (χ1n) is 6.75. The molecule has 1 fully saturated rings. The molecule has 0 aromatic rings. The second-order valence-corrected chi connectivity index (χ2v) is 5.41. The van der Waals surface area contributed by atoms with Crippen molar-refractivity contribution in [3.05, 3.63) is 0 Å². The van der Waals surface area contributed by atoms with Crippen LogP contribution in [0.1, 0.15) is 33.1 Å². The van der Waals surface area contributed by atoms with Crippen molar-refractivity contribution in [2.45, 2.75) is 45.2 Å². The summed E-state index contributed by atoms with van der Waals surface area (Å²) >= 11 is 0. The number of nitrogens with two attached hydrogens (primary N) is 1. The van der Waals surface area contributed by atoms with E-state index in [1.165, 1.54) is 0 Å². The summed E-state index contributed by atoms with van der Waals surface area (Å²) in [6.45, 7) is 3.74. The van der Waals surface area contributed by atoms with Gasteiger partial charge < -0.3 is 20.9 Å². The fourth-order valence-corrected chi connectivity index (χ4v) is 2.00. The molecule has 1 rings (SSSR count). The average molecular weight is 286 g/mol. The molecule has 114 valence electrons. The number of hydrogen-bond donors (Lipinski definition) is 3. The smallest absolute Gasteiger partial charge is 0.309 e. The quantitative estimate of drug-likeness (QED) is 0.561. The van der Waals surface area contributed by atoms with Crippen molar-refractivity contribution in [3.8, 4) is 0 Å². The van der Waals surface area contributed by atoms with Gasteiger partial charge in [0.1, 0.15) is 6.61 Å². The van der Waals surface area contributed by atoms with Gasteiger partial charge in [-0.2, -0.15) is 0 Å². The number of rotatable bonds is 7. The Bertz CT molecular complexity index is 385. The highest BCUT2D eigenvalue weighted by Gasteiger charge is 2.34. The van der Waals surface area contributed by atoms with E-state index in [2.05, 4.69) is 5.32 Å². The minimum absolute atomic E-state index is 0.0350. The van der Waals surface area contributed by atoms with Gasteiger partial charge in [-0.25, -0.2) is 0 Å². The van der Waals surface area contributed by atoms with Gasteiger partial charge >= 0.3 is 11.9 Å². The van der Waals surface area contributed by atoms with Crippen LogP contribution in [0.4, 0.5) is 0 Å². The molecule has 0 heterocycles. The van der Waals surface area contributed by atoms with Crippen LogP contribution in [-0.4, -0.2) is 41.6 Å². The molecular formula is C13H22N2O5. The van der Waals surface area contributed by atoms with Gasteiger partial charge in [-0.05, 0) is 25.7 Å². The van der Waals surface area contributed by atoms with Crippen LogP contribution in [0, 0.1) is 11.8 Å². The molecule has 7 heteroatoms. The number of ether oxygens (including phenoxy) is 1. The molecule has 0 spiro atoms. The lowest BCUT2D eigenvalue weighted by molar-refractivity contribution is -0.155. The van der Waals surface area contributed by atoms with Crippen molar-refractivity contribution in [3.63, 3.8) is 0 Å². The molecule has 0 aliphatic heterocycles. The summed E-state index contributed by atoms with van der Waals surface area (Å²) in [6.07, 6.45) is 1.46. The SMILES string of the molecule is CC1CCC1C(=O)OC[C@H](C)NC(=O)[C@H](N)CC(=O)O. The van der Waals surface area contributed by atoms with Crippen molar-refractivity contribution in [2.75, 3.05) is 6.61 Å². The van der Waals surface area contributed by atoms with Crippen molar-refractivity contribution in [2.24, 2.45) is 17.6 Å². The van der Waals surface area contributed by atoms with Crippen LogP contribution in [0.25, 0.3) is 0 Å². The highest BCUT2D eigenvalue weighted by molar-refractivity contribution is 5.86. The third-order valence-corrected chi connectivity index (χ3v) is 3.52. The molecule has 1 aliphatic carbocycles. The Balaban J connectivity index is 2.25. The maximum atomic E-state index is 11.7. The number of amides is 1. The number of carbonyl (C=O) groups is 3. The molecule has 0 radical (unpaired) electrons. The molecule has 0 aromatic carbocycles. The number of carboxylic acid groups (broad SMARTS) is 1. The highest BCUT2D eigenvalue weighted by atomic mass is 16.5. The van der Waals surface area contributed by atoms with Crippen LogP contribution < -0.4 is 11.1 Å². The molecule has 0 saturated heterocycles. The van der Waals surface area contributed by atoms with Gasteiger partial charge in [-0.15, -0.1) is 0 Å². The maximum Gasteiger partial charge on any atom is 0.309 e. The molecule has 0 bridgehead atoms. The van der Waals surface area contributed by atoms with Crippen molar-refractivity contribution < 1.29 is 24.2 Å². The number of aliphatic carboxylic acids is 1. The van der Waals surface area contributed by atoms with Crippen molar-refractivity contribution in [1.82, 2.24) is 5.32 Å².